The van der Waals surface area contributed by atoms with Gasteiger partial charge in [0.25, 0.3) is 5.91 Å². The molecular formula is C25H32N4O4S. The van der Waals surface area contributed by atoms with E-state index in [9.17, 15) is 18.5 Å². The molecule has 2 heterocycles. The summed E-state index contributed by atoms with van der Waals surface area (Å²) in [5, 5.41) is 12.3. The largest absolute Gasteiger partial charge is 0.492 e. The first kappa shape index (κ1) is 25.5. The Morgan fingerprint density at radius 1 is 1.21 bits per heavy atom. The summed E-state index contributed by atoms with van der Waals surface area (Å²) in [5.41, 5.74) is 3.08. The van der Waals surface area contributed by atoms with Crippen molar-refractivity contribution in [2.24, 2.45) is 0 Å². The topological polar surface area (TPSA) is 104 Å². The quantitative estimate of drug-likeness (QED) is 0.423. The number of ether oxygens (including phenoxy) is 1. The molecule has 1 aliphatic rings. The van der Waals surface area contributed by atoms with Gasteiger partial charge in [0.2, 0.25) is 10.0 Å². The van der Waals surface area contributed by atoms with E-state index in [2.05, 4.69) is 16.8 Å². The van der Waals surface area contributed by atoms with Gasteiger partial charge < -0.3 is 14.6 Å². The minimum atomic E-state index is -3.76. The van der Waals surface area contributed by atoms with E-state index < -0.39 is 15.9 Å². The highest BCUT2D eigenvalue weighted by atomic mass is 32.2. The maximum atomic E-state index is 13.2. The number of nitrogens with one attached hydrogen (secondary N) is 1. The highest BCUT2D eigenvalue weighted by Crippen LogP contribution is 2.32. The van der Waals surface area contributed by atoms with Crippen LogP contribution in [-0.4, -0.2) is 42.9 Å². The van der Waals surface area contributed by atoms with Crippen LogP contribution in [-0.2, 0) is 21.4 Å². The zero-order valence-corrected chi connectivity index (χ0v) is 21.0. The first-order valence-corrected chi connectivity index (χ1v) is 13.0. The van der Waals surface area contributed by atoms with Gasteiger partial charge in [0.15, 0.2) is 0 Å². The molecule has 1 amide bonds. The van der Waals surface area contributed by atoms with Gasteiger partial charge in [0.1, 0.15) is 22.3 Å². The number of aromatic nitrogens is 1. The van der Waals surface area contributed by atoms with Crippen LogP contribution in [0.2, 0.25) is 0 Å². The highest BCUT2D eigenvalue weighted by Gasteiger charge is 2.30. The second-order valence-electron chi connectivity index (χ2n) is 8.31. The lowest BCUT2D eigenvalue weighted by atomic mass is 10.1. The number of anilines is 1. The van der Waals surface area contributed by atoms with Crippen molar-refractivity contribution in [3.8, 4) is 11.8 Å². The number of nitriles is 1. The van der Waals surface area contributed by atoms with Crippen molar-refractivity contribution < 1.29 is 17.9 Å². The van der Waals surface area contributed by atoms with Gasteiger partial charge in [0.05, 0.1) is 6.61 Å². The van der Waals surface area contributed by atoms with Gasteiger partial charge in [0, 0.05) is 36.7 Å². The molecule has 0 atom stereocenters. The Balaban J connectivity index is 1.91. The van der Waals surface area contributed by atoms with E-state index in [1.165, 1.54) is 16.4 Å². The molecule has 0 saturated carbocycles. The molecule has 1 aliphatic heterocycles. The summed E-state index contributed by atoms with van der Waals surface area (Å²) in [7, 11) is -3.76. The Bertz CT molecular complexity index is 1230. The maximum Gasteiger partial charge on any atom is 0.266 e. The first-order chi connectivity index (χ1) is 16.2. The van der Waals surface area contributed by atoms with Gasteiger partial charge in [-0.15, -0.1) is 0 Å². The molecule has 0 radical (unpaired) electrons. The van der Waals surface area contributed by atoms with Crippen molar-refractivity contribution in [1.29, 1.82) is 5.26 Å². The van der Waals surface area contributed by atoms with Gasteiger partial charge in [-0.05, 0) is 75.9 Å². The van der Waals surface area contributed by atoms with Crippen molar-refractivity contribution in [2.75, 3.05) is 25.0 Å². The lowest BCUT2D eigenvalue weighted by Gasteiger charge is -2.19. The molecule has 182 valence electrons. The van der Waals surface area contributed by atoms with Crippen LogP contribution in [0.15, 0.2) is 34.7 Å². The van der Waals surface area contributed by atoms with Crippen molar-refractivity contribution in [3.63, 3.8) is 0 Å². The van der Waals surface area contributed by atoms with E-state index in [0.29, 0.717) is 19.7 Å². The number of sulfonamides is 1. The third kappa shape index (κ3) is 5.34. The van der Waals surface area contributed by atoms with Gasteiger partial charge in [-0.25, -0.2) is 8.42 Å². The fraction of sp³-hybridized carbons (Fsp3) is 0.440. The SMILES string of the molecule is CCCn1c(C)cc(/C=C(\C#N)C(=O)Nc2ccc(OCC)c(S(=O)(=O)N3CCCC3)c2)c1C. The highest BCUT2D eigenvalue weighted by molar-refractivity contribution is 7.89. The standard InChI is InChI=1S/C25H32N4O4S/c1-5-11-29-18(3)14-20(19(29)4)15-21(17-26)25(30)27-22-9-10-23(33-6-2)24(16-22)34(31,32)28-12-7-8-13-28/h9-10,14-16H,5-8,11-13H2,1-4H3,(H,27,30)/b21-15+. The Labute approximate surface area is 201 Å². The Morgan fingerprint density at radius 2 is 1.91 bits per heavy atom. The summed E-state index contributed by atoms with van der Waals surface area (Å²) in [6.07, 6.45) is 4.18. The van der Waals surface area contributed by atoms with E-state index in [0.717, 1.165) is 42.8 Å². The van der Waals surface area contributed by atoms with Crippen LogP contribution in [0, 0.1) is 25.2 Å². The summed E-state index contributed by atoms with van der Waals surface area (Å²) in [5.74, 6) is -0.358. The molecule has 1 fully saturated rings. The fourth-order valence-electron chi connectivity index (χ4n) is 4.17. The predicted molar refractivity (Wildman–Crippen MR) is 132 cm³/mol. The van der Waals surface area contributed by atoms with Crippen LogP contribution in [0.3, 0.4) is 0 Å². The van der Waals surface area contributed by atoms with Crippen LogP contribution in [0.5, 0.6) is 5.75 Å². The predicted octanol–water partition coefficient (Wildman–Crippen LogP) is 4.24. The Morgan fingerprint density at radius 3 is 2.53 bits per heavy atom. The third-order valence-electron chi connectivity index (χ3n) is 5.91. The molecule has 3 rings (SSSR count). The number of nitrogens with zero attached hydrogens (tertiary/aromatic N) is 3. The lowest BCUT2D eigenvalue weighted by Crippen LogP contribution is -2.28. The van der Waals surface area contributed by atoms with Crippen molar-refractivity contribution in [2.45, 2.75) is 58.4 Å². The smallest absolute Gasteiger partial charge is 0.266 e. The molecule has 1 aromatic carbocycles. The molecule has 0 bridgehead atoms. The van der Waals surface area contributed by atoms with Crippen LogP contribution in [0.4, 0.5) is 5.69 Å². The van der Waals surface area contributed by atoms with Crippen LogP contribution in [0.1, 0.15) is 50.1 Å². The molecule has 34 heavy (non-hydrogen) atoms. The number of hydrogen-bond donors (Lipinski definition) is 1. The summed E-state index contributed by atoms with van der Waals surface area (Å²) in [6.45, 7) is 9.93. The normalized spacial score (nSPS) is 14.7. The van der Waals surface area contributed by atoms with Crippen molar-refractivity contribution in [3.05, 3.63) is 46.8 Å². The molecule has 1 saturated heterocycles. The van der Waals surface area contributed by atoms with Crippen molar-refractivity contribution >= 4 is 27.7 Å². The van der Waals surface area contributed by atoms with E-state index >= 15 is 0 Å². The van der Waals surface area contributed by atoms with Crippen LogP contribution in [0.25, 0.3) is 6.08 Å². The average Bonchev–Trinajstić information content (AvgIpc) is 3.44. The number of aryl methyl sites for hydroxylation is 1. The van der Waals surface area contributed by atoms with Gasteiger partial charge in [-0.2, -0.15) is 9.57 Å². The van der Waals surface area contributed by atoms with E-state index in [-0.39, 0.29) is 21.9 Å². The molecule has 0 unspecified atom stereocenters. The summed E-state index contributed by atoms with van der Waals surface area (Å²) < 4.78 is 35.5. The van der Waals surface area contributed by atoms with E-state index in [1.807, 2.05) is 26.0 Å². The van der Waals surface area contributed by atoms with Gasteiger partial charge >= 0.3 is 0 Å². The number of carbonyl (C=O) groups is 1. The van der Waals surface area contributed by atoms with Crippen LogP contribution >= 0.6 is 0 Å². The Kier molecular flexibility index (Phi) is 8.18. The molecule has 1 aromatic heterocycles. The zero-order chi connectivity index (χ0) is 24.9. The molecule has 9 heteroatoms. The second-order valence-corrected chi connectivity index (χ2v) is 10.2. The second kappa shape index (κ2) is 10.9. The average molecular weight is 485 g/mol. The number of hydrogen-bond acceptors (Lipinski definition) is 5. The summed E-state index contributed by atoms with van der Waals surface area (Å²) >= 11 is 0. The maximum absolute atomic E-state index is 13.2. The third-order valence-corrected chi connectivity index (χ3v) is 7.83. The zero-order valence-electron chi connectivity index (χ0n) is 20.2. The molecule has 0 aliphatic carbocycles. The van der Waals surface area contributed by atoms with Crippen LogP contribution < -0.4 is 10.1 Å². The number of amides is 1. The monoisotopic (exact) mass is 484 g/mol. The summed E-state index contributed by atoms with van der Waals surface area (Å²) in [6, 6.07) is 8.44. The van der Waals surface area contributed by atoms with Crippen molar-refractivity contribution in [1.82, 2.24) is 8.87 Å². The van der Waals surface area contributed by atoms with E-state index in [1.54, 1.807) is 19.1 Å². The molecule has 1 N–H and O–H groups in total. The minimum Gasteiger partial charge on any atom is -0.492 e. The molecule has 2 aromatic rings. The number of rotatable bonds is 9. The first-order valence-electron chi connectivity index (χ1n) is 11.6. The van der Waals surface area contributed by atoms with Gasteiger partial charge in [-0.1, -0.05) is 6.92 Å². The summed E-state index contributed by atoms with van der Waals surface area (Å²) in [4.78, 5) is 12.9. The fourth-order valence-corrected chi connectivity index (χ4v) is 5.85. The number of carbonyl (C=O) groups excluding carboxylic acids is 1. The molecule has 0 spiro atoms. The van der Waals surface area contributed by atoms with E-state index in [4.69, 9.17) is 4.74 Å². The molecule has 8 nitrogen and oxygen atoms in total. The molecular weight excluding hydrogens is 452 g/mol. The van der Waals surface area contributed by atoms with Gasteiger partial charge in [-0.3, -0.25) is 4.79 Å². The number of benzene rings is 1. The lowest BCUT2D eigenvalue weighted by molar-refractivity contribution is -0.112. The minimum absolute atomic E-state index is 0.0136. The Hall–Kier alpha value is -3.09.